The largest absolute Gasteiger partial charge is 0.480 e. The Morgan fingerprint density at radius 1 is 1.36 bits per heavy atom. The zero-order valence-corrected chi connectivity index (χ0v) is 13.0. The van der Waals surface area contributed by atoms with Gasteiger partial charge in [0, 0.05) is 19.5 Å². The Hall–Kier alpha value is -1.72. The molecular weight excluding hydrogens is 282 g/mol. The fourth-order valence-electron chi connectivity index (χ4n) is 3.23. The summed E-state index contributed by atoms with van der Waals surface area (Å²) in [6.45, 7) is 5.20. The standard InChI is InChI=1S/C17H23NO4/c1-12(2)13-6-3-4-7-14(13)17(16(21)22,15(20)8-11-19)18-9-5-10-18/h3-4,6-7,11-12,15,20H,5,8-10H2,1-2H3,(H,21,22). The van der Waals surface area contributed by atoms with Gasteiger partial charge in [-0.1, -0.05) is 38.1 Å². The minimum absolute atomic E-state index is 0.125. The summed E-state index contributed by atoms with van der Waals surface area (Å²) in [6, 6.07) is 7.31. The van der Waals surface area contributed by atoms with Gasteiger partial charge >= 0.3 is 5.97 Å². The van der Waals surface area contributed by atoms with Gasteiger partial charge in [0.1, 0.15) is 6.29 Å². The van der Waals surface area contributed by atoms with E-state index in [2.05, 4.69) is 0 Å². The molecule has 1 fully saturated rings. The molecule has 1 saturated heterocycles. The number of carbonyl (C=O) groups excluding carboxylic acids is 1. The molecule has 1 aromatic carbocycles. The second-order valence-electron chi connectivity index (χ2n) is 6.07. The third-order valence-corrected chi connectivity index (χ3v) is 4.48. The van der Waals surface area contributed by atoms with Gasteiger partial charge in [0.15, 0.2) is 5.54 Å². The topological polar surface area (TPSA) is 77.8 Å². The molecular formula is C17H23NO4. The molecule has 0 amide bonds. The molecule has 1 aliphatic heterocycles. The van der Waals surface area contributed by atoms with E-state index in [0.717, 1.165) is 12.0 Å². The number of likely N-dealkylation sites (tertiary alicyclic amines) is 1. The highest BCUT2D eigenvalue weighted by atomic mass is 16.4. The second kappa shape index (κ2) is 6.58. The van der Waals surface area contributed by atoms with Crippen molar-refractivity contribution in [2.45, 2.75) is 44.2 Å². The summed E-state index contributed by atoms with van der Waals surface area (Å²) in [5, 5.41) is 20.6. The fraction of sp³-hybridized carbons (Fsp3) is 0.529. The molecule has 22 heavy (non-hydrogen) atoms. The molecule has 120 valence electrons. The van der Waals surface area contributed by atoms with Gasteiger partial charge in [-0.3, -0.25) is 4.90 Å². The number of hydrogen-bond donors (Lipinski definition) is 2. The van der Waals surface area contributed by atoms with E-state index < -0.39 is 17.6 Å². The summed E-state index contributed by atoms with van der Waals surface area (Å²) < 4.78 is 0. The van der Waals surface area contributed by atoms with Crippen LogP contribution in [0.3, 0.4) is 0 Å². The van der Waals surface area contributed by atoms with E-state index in [1.165, 1.54) is 0 Å². The van der Waals surface area contributed by atoms with Crippen molar-refractivity contribution in [2.24, 2.45) is 0 Å². The van der Waals surface area contributed by atoms with Crippen molar-refractivity contribution in [1.82, 2.24) is 4.90 Å². The number of aliphatic hydroxyl groups is 1. The van der Waals surface area contributed by atoms with E-state index in [0.29, 0.717) is 24.9 Å². The molecule has 1 heterocycles. The first kappa shape index (κ1) is 16.6. The Kier molecular flexibility index (Phi) is 4.98. The number of aldehydes is 1. The molecule has 5 heteroatoms. The van der Waals surface area contributed by atoms with E-state index >= 15 is 0 Å². The average Bonchev–Trinajstić information content (AvgIpc) is 2.42. The van der Waals surface area contributed by atoms with Crippen LogP contribution in [0.5, 0.6) is 0 Å². The Bertz CT molecular complexity index is 553. The molecule has 2 rings (SSSR count). The summed E-state index contributed by atoms with van der Waals surface area (Å²) in [5.74, 6) is -0.978. The highest BCUT2D eigenvalue weighted by molar-refractivity contribution is 5.83. The first-order valence-corrected chi connectivity index (χ1v) is 7.65. The van der Waals surface area contributed by atoms with Gasteiger partial charge in [-0.2, -0.15) is 0 Å². The van der Waals surface area contributed by atoms with Crippen LogP contribution in [0.25, 0.3) is 0 Å². The lowest BCUT2D eigenvalue weighted by Crippen LogP contribution is -2.64. The Morgan fingerprint density at radius 2 is 2.00 bits per heavy atom. The number of carboxylic acids is 1. The molecule has 2 unspecified atom stereocenters. The highest BCUT2D eigenvalue weighted by Crippen LogP contribution is 2.40. The maximum Gasteiger partial charge on any atom is 0.331 e. The highest BCUT2D eigenvalue weighted by Gasteiger charge is 2.54. The van der Waals surface area contributed by atoms with Gasteiger partial charge in [-0.25, -0.2) is 4.79 Å². The SMILES string of the molecule is CC(C)c1ccccc1C(C(=O)O)(C(O)CC=O)N1CCC1. The molecule has 0 aliphatic carbocycles. The van der Waals surface area contributed by atoms with Gasteiger partial charge in [0.05, 0.1) is 6.10 Å². The van der Waals surface area contributed by atoms with Gasteiger partial charge in [-0.05, 0) is 23.5 Å². The summed E-state index contributed by atoms with van der Waals surface area (Å²) in [4.78, 5) is 24.9. The normalized spacial score (nSPS) is 19.3. The number of carboxylic acid groups (broad SMARTS) is 1. The van der Waals surface area contributed by atoms with Crippen molar-refractivity contribution in [1.29, 1.82) is 0 Å². The van der Waals surface area contributed by atoms with Crippen LogP contribution in [-0.2, 0) is 15.1 Å². The van der Waals surface area contributed by atoms with Crippen LogP contribution in [0.15, 0.2) is 24.3 Å². The number of benzene rings is 1. The maximum atomic E-state index is 12.2. The van der Waals surface area contributed by atoms with Crippen LogP contribution in [0.1, 0.15) is 43.7 Å². The molecule has 0 bridgehead atoms. The minimum Gasteiger partial charge on any atom is -0.480 e. The van der Waals surface area contributed by atoms with Gasteiger partial charge < -0.3 is 15.0 Å². The minimum atomic E-state index is -1.56. The lowest BCUT2D eigenvalue weighted by molar-refractivity contribution is -0.168. The number of aliphatic hydroxyl groups excluding tert-OH is 1. The van der Waals surface area contributed by atoms with Gasteiger partial charge in [0.25, 0.3) is 0 Å². The van der Waals surface area contributed by atoms with Crippen molar-refractivity contribution in [3.63, 3.8) is 0 Å². The van der Waals surface area contributed by atoms with E-state index in [-0.39, 0.29) is 12.3 Å². The van der Waals surface area contributed by atoms with Crippen LogP contribution in [0, 0.1) is 0 Å². The molecule has 2 N–H and O–H groups in total. The number of hydrogen-bond acceptors (Lipinski definition) is 4. The van der Waals surface area contributed by atoms with Crippen LogP contribution in [0.4, 0.5) is 0 Å². The van der Waals surface area contributed by atoms with Crippen LogP contribution >= 0.6 is 0 Å². The molecule has 0 aromatic heterocycles. The summed E-state index contributed by atoms with van der Waals surface area (Å²) in [5.41, 5.74) is -0.0756. The summed E-state index contributed by atoms with van der Waals surface area (Å²) in [7, 11) is 0. The van der Waals surface area contributed by atoms with E-state index in [9.17, 15) is 19.8 Å². The van der Waals surface area contributed by atoms with E-state index in [1.807, 2.05) is 26.0 Å². The zero-order valence-electron chi connectivity index (χ0n) is 13.0. The predicted molar refractivity (Wildman–Crippen MR) is 82.7 cm³/mol. The number of carbonyl (C=O) groups is 2. The van der Waals surface area contributed by atoms with Crippen LogP contribution in [-0.4, -0.2) is 46.6 Å². The van der Waals surface area contributed by atoms with Crippen molar-refractivity contribution in [3.05, 3.63) is 35.4 Å². The van der Waals surface area contributed by atoms with Crippen LogP contribution in [0.2, 0.25) is 0 Å². The molecule has 0 saturated carbocycles. The van der Waals surface area contributed by atoms with E-state index in [1.54, 1.807) is 17.0 Å². The molecule has 5 nitrogen and oxygen atoms in total. The smallest absolute Gasteiger partial charge is 0.331 e. The maximum absolute atomic E-state index is 12.2. The quantitative estimate of drug-likeness (QED) is 0.750. The van der Waals surface area contributed by atoms with Crippen molar-refractivity contribution < 1.29 is 19.8 Å². The van der Waals surface area contributed by atoms with Crippen molar-refractivity contribution in [2.75, 3.05) is 13.1 Å². The Labute approximate surface area is 130 Å². The third kappa shape index (κ3) is 2.55. The third-order valence-electron chi connectivity index (χ3n) is 4.48. The molecule has 1 aliphatic rings. The Morgan fingerprint density at radius 3 is 2.45 bits per heavy atom. The Balaban J connectivity index is 2.66. The first-order chi connectivity index (χ1) is 10.5. The number of aliphatic carboxylic acids is 1. The van der Waals surface area contributed by atoms with Crippen molar-refractivity contribution in [3.8, 4) is 0 Å². The van der Waals surface area contributed by atoms with Gasteiger partial charge in [0.2, 0.25) is 0 Å². The lowest BCUT2D eigenvalue weighted by atomic mass is 9.75. The number of rotatable bonds is 7. The van der Waals surface area contributed by atoms with Gasteiger partial charge in [-0.15, -0.1) is 0 Å². The molecule has 2 atom stereocenters. The second-order valence-corrected chi connectivity index (χ2v) is 6.07. The zero-order chi connectivity index (χ0) is 16.3. The molecule has 1 aromatic rings. The number of nitrogens with zero attached hydrogens (tertiary/aromatic N) is 1. The first-order valence-electron chi connectivity index (χ1n) is 7.65. The van der Waals surface area contributed by atoms with Crippen LogP contribution < -0.4 is 0 Å². The fourth-order valence-corrected chi connectivity index (χ4v) is 3.23. The van der Waals surface area contributed by atoms with Crippen molar-refractivity contribution >= 4 is 12.3 Å². The van der Waals surface area contributed by atoms with E-state index in [4.69, 9.17) is 0 Å². The predicted octanol–water partition coefficient (Wildman–Crippen LogP) is 1.75. The summed E-state index contributed by atoms with van der Waals surface area (Å²) >= 11 is 0. The monoisotopic (exact) mass is 305 g/mol. The lowest BCUT2D eigenvalue weighted by Gasteiger charge is -2.49. The molecule has 0 radical (unpaired) electrons. The average molecular weight is 305 g/mol. The summed E-state index contributed by atoms with van der Waals surface area (Å²) in [6.07, 6.45) is 0.00453. The molecule has 0 spiro atoms.